The largest absolute Gasteiger partial charge is 0.394 e. The minimum absolute atomic E-state index is 0.0228. The SMILES string of the molecule is Cc1cc2c(nc1CCOCCO)[nH]c1c(C)c(C(N)=O)ccc12. The van der Waals surface area contributed by atoms with Gasteiger partial charge in [-0.15, -0.1) is 0 Å². The van der Waals surface area contributed by atoms with Crippen molar-refractivity contribution in [3.63, 3.8) is 0 Å². The summed E-state index contributed by atoms with van der Waals surface area (Å²) in [5.74, 6) is -0.432. The van der Waals surface area contributed by atoms with Crippen molar-refractivity contribution in [1.29, 1.82) is 0 Å². The number of amides is 1. The first-order chi connectivity index (χ1) is 11.5. The second-order valence-electron chi connectivity index (χ2n) is 5.88. The molecular formula is C18H21N3O3. The number of rotatable bonds is 6. The minimum atomic E-state index is -0.432. The Morgan fingerprint density at radius 3 is 2.79 bits per heavy atom. The van der Waals surface area contributed by atoms with E-state index in [9.17, 15) is 4.79 Å². The number of carbonyl (C=O) groups excluding carboxylic acids is 1. The van der Waals surface area contributed by atoms with Crippen LogP contribution in [0.4, 0.5) is 0 Å². The van der Waals surface area contributed by atoms with Gasteiger partial charge in [0.1, 0.15) is 5.65 Å². The predicted molar refractivity (Wildman–Crippen MR) is 93.2 cm³/mol. The number of aromatic amines is 1. The molecule has 6 heteroatoms. The molecule has 4 N–H and O–H groups in total. The van der Waals surface area contributed by atoms with Gasteiger partial charge in [-0.25, -0.2) is 4.98 Å². The Morgan fingerprint density at radius 1 is 1.29 bits per heavy atom. The molecule has 0 aliphatic rings. The van der Waals surface area contributed by atoms with Crippen LogP contribution in [0.1, 0.15) is 27.2 Å². The molecule has 0 unspecified atom stereocenters. The molecule has 0 saturated carbocycles. The van der Waals surface area contributed by atoms with Gasteiger partial charge in [0, 0.05) is 28.5 Å². The molecule has 0 spiro atoms. The number of carbonyl (C=O) groups is 1. The summed E-state index contributed by atoms with van der Waals surface area (Å²) in [6, 6.07) is 5.78. The zero-order valence-corrected chi connectivity index (χ0v) is 13.8. The van der Waals surface area contributed by atoms with Crippen LogP contribution >= 0.6 is 0 Å². The maximum absolute atomic E-state index is 11.5. The first kappa shape index (κ1) is 16.4. The third-order valence-electron chi connectivity index (χ3n) is 4.30. The van der Waals surface area contributed by atoms with Crippen LogP contribution < -0.4 is 5.73 Å². The van der Waals surface area contributed by atoms with Crippen molar-refractivity contribution in [3.8, 4) is 0 Å². The average molecular weight is 327 g/mol. The highest BCUT2D eigenvalue weighted by Crippen LogP contribution is 2.29. The number of fused-ring (bicyclic) bond motifs is 3. The molecule has 1 amide bonds. The van der Waals surface area contributed by atoms with Crippen LogP contribution in [0.15, 0.2) is 18.2 Å². The topological polar surface area (TPSA) is 101 Å². The first-order valence-electron chi connectivity index (χ1n) is 7.93. The highest BCUT2D eigenvalue weighted by atomic mass is 16.5. The quantitative estimate of drug-likeness (QED) is 0.603. The number of nitrogens with one attached hydrogen (secondary N) is 1. The number of H-pyrrole nitrogens is 1. The lowest BCUT2D eigenvalue weighted by Crippen LogP contribution is -2.12. The molecule has 24 heavy (non-hydrogen) atoms. The van der Waals surface area contributed by atoms with Gasteiger partial charge in [-0.2, -0.15) is 0 Å². The van der Waals surface area contributed by atoms with E-state index in [4.69, 9.17) is 20.6 Å². The molecule has 0 bridgehead atoms. The van der Waals surface area contributed by atoms with E-state index in [0.717, 1.165) is 38.8 Å². The fourth-order valence-corrected chi connectivity index (χ4v) is 3.02. The number of ether oxygens (including phenoxy) is 1. The van der Waals surface area contributed by atoms with Gasteiger partial charge in [-0.05, 0) is 37.1 Å². The molecule has 3 rings (SSSR count). The molecule has 2 aromatic heterocycles. The smallest absolute Gasteiger partial charge is 0.249 e. The van der Waals surface area contributed by atoms with Crippen LogP contribution in [0.5, 0.6) is 0 Å². The van der Waals surface area contributed by atoms with Crippen molar-refractivity contribution in [1.82, 2.24) is 9.97 Å². The lowest BCUT2D eigenvalue weighted by Gasteiger charge is -2.06. The van der Waals surface area contributed by atoms with Gasteiger partial charge in [0.05, 0.1) is 25.3 Å². The molecule has 0 aliphatic heterocycles. The normalized spacial score (nSPS) is 11.5. The molecule has 0 aliphatic carbocycles. The second-order valence-corrected chi connectivity index (χ2v) is 5.88. The Hall–Kier alpha value is -2.44. The molecule has 0 fully saturated rings. The van der Waals surface area contributed by atoms with Crippen molar-refractivity contribution in [2.75, 3.05) is 19.8 Å². The van der Waals surface area contributed by atoms with E-state index in [-0.39, 0.29) is 6.61 Å². The summed E-state index contributed by atoms with van der Waals surface area (Å²) in [5, 5.41) is 10.8. The van der Waals surface area contributed by atoms with Gasteiger partial charge in [0.25, 0.3) is 0 Å². The van der Waals surface area contributed by atoms with Crippen LogP contribution in [0.3, 0.4) is 0 Å². The third kappa shape index (κ3) is 2.86. The number of primary amides is 1. The Labute approximate surface area is 139 Å². The lowest BCUT2D eigenvalue weighted by molar-refractivity contribution is 0.0940. The summed E-state index contributed by atoms with van der Waals surface area (Å²) < 4.78 is 5.32. The Bertz CT molecular complexity index is 915. The molecule has 3 aromatic rings. The van der Waals surface area contributed by atoms with E-state index in [0.29, 0.717) is 25.2 Å². The summed E-state index contributed by atoms with van der Waals surface area (Å²) in [6.07, 6.45) is 0.683. The second kappa shape index (κ2) is 6.59. The predicted octanol–water partition coefficient (Wildman–Crippen LogP) is 1.98. The van der Waals surface area contributed by atoms with Crippen LogP contribution in [-0.2, 0) is 11.2 Å². The standard InChI is InChI=1S/C18H21N3O3/c1-10-9-14-13-4-3-12(17(19)23)11(2)16(13)21-18(14)20-15(10)5-7-24-8-6-22/h3-4,9,22H,5-8H2,1-2H3,(H2,19,23)(H,20,21). The molecule has 0 saturated heterocycles. The van der Waals surface area contributed by atoms with E-state index in [1.54, 1.807) is 6.07 Å². The van der Waals surface area contributed by atoms with Crippen molar-refractivity contribution >= 4 is 27.8 Å². The lowest BCUT2D eigenvalue weighted by atomic mass is 10.0. The van der Waals surface area contributed by atoms with Gasteiger partial charge in [-0.3, -0.25) is 4.79 Å². The number of pyridine rings is 1. The minimum Gasteiger partial charge on any atom is -0.394 e. The molecule has 0 atom stereocenters. The first-order valence-corrected chi connectivity index (χ1v) is 7.93. The number of benzene rings is 1. The number of aliphatic hydroxyl groups excluding tert-OH is 1. The Balaban J connectivity index is 2.05. The summed E-state index contributed by atoms with van der Waals surface area (Å²) in [5.41, 5.74) is 10.5. The zero-order valence-electron chi connectivity index (χ0n) is 13.8. The monoisotopic (exact) mass is 327 g/mol. The number of aryl methyl sites for hydroxylation is 2. The van der Waals surface area contributed by atoms with Crippen molar-refractivity contribution in [2.45, 2.75) is 20.3 Å². The summed E-state index contributed by atoms with van der Waals surface area (Å²) in [7, 11) is 0. The van der Waals surface area contributed by atoms with E-state index in [1.165, 1.54) is 0 Å². The van der Waals surface area contributed by atoms with Crippen LogP contribution in [0.25, 0.3) is 21.9 Å². The average Bonchev–Trinajstić information content (AvgIpc) is 2.90. The fourth-order valence-electron chi connectivity index (χ4n) is 3.02. The van der Waals surface area contributed by atoms with Gasteiger partial charge >= 0.3 is 0 Å². The molecule has 1 aromatic carbocycles. The number of hydrogen-bond donors (Lipinski definition) is 3. The van der Waals surface area contributed by atoms with Gasteiger partial charge in [0.15, 0.2) is 0 Å². The van der Waals surface area contributed by atoms with E-state index >= 15 is 0 Å². The summed E-state index contributed by atoms with van der Waals surface area (Å²) in [6.45, 7) is 4.79. The highest BCUT2D eigenvalue weighted by Gasteiger charge is 2.14. The number of aliphatic hydroxyl groups is 1. The molecular weight excluding hydrogens is 306 g/mol. The van der Waals surface area contributed by atoms with Crippen molar-refractivity contribution in [2.24, 2.45) is 5.73 Å². The molecule has 0 radical (unpaired) electrons. The maximum atomic E-state index is 11.5. The number of hydrogen-bond acceptors (Lipinski definition) is 4. The van der Waals surface area contributed by atoms with E-state index < -0.39 is 5.91 Å². The number of nitrogens with zero attached hydrogens (tertiary/aromatic N) is 1. The van der Waals surface area contributed by atoms with Crippen molar-refractivity contribution in [3.05, 3.63) is 40.6 Å². The van der Waals surface area contributed by atoms with Gasteiger partial charge in [0.2, 0.25) is 5.91 Å². The Morgan fingerprint density at radius 2 is 2.08 bits per heavy atom. The van der Waals surface area contributed by atoms with Gasteiger partial charge < -0.3 is 20.6 Å². The molecule has 126 valence electrons. The molecule has 6 nitrogen and oxygen atoms in total. The maximum Gasteiger partial charge on any atom is 0.249 e. The van der Waals surface area contributed by atoms with Crippen LogP contribution in [0, 0.1) is 13.8 Å². The molecule has 2 heterocycles. The summed E-state index contributed by atoms with van der Waals surface area (Å²) >= 11 is 0. The van der Waals surface area contributed by atoms with Gasteiger partial charge in [-0.1, -0.05) is 6.07 Å². The fraction of sp³-hybridized carbons (Fsp3) is 0.333. The Kier molecular flexibility index (Phi) is 4.51. The number of aromatic nitrogens is 2. The van der Waals surface area contributed by atoms with Crippen molar-refractivity contribution < 1.29 is 14.6 Å². The zero-order chi connectivity index (χ0) is 17.3. The number of nitrogens with two attached hydrogens (primary N) is 1. The van der Waals surface area contributed by atoms with Crippen LogP contribution in [0.2, 0.25) is 0 Å². The highest BCUT2D eigenvalue weighted by molar-refractivity contribution is 6.10. The summed E-state index contributed by atoms with van der Waals surface area (Å²) in [4.78, 5) is 19.5. The third-order valence-corrected chi connectivity index (χ3v) is 4.30. The van der Waals surface area contributed by atoms with Crippen LogP contribution in [-0.4, -0.2) is 40.8 Å². The van der Waals surface area contributed by atoms with E-state index in [1.807, 2.05) is 19.9 Å². The van der Waals surface area contributed by atoms with E-state index in [2.05, 4.69) is 11.1 Å².